The maximum Gasteiger partial charge on any atom is 0.0545 e. The smallest absolute Gasteiger partial charge is 0.0545 e. The molecule has 2 fully saturated rings. The second kappa shape index (κ2) is 1.72. The van der Waals surface area contributed by atoms with Crippen molar-refractivity contribution in [2.24, 2.45) is 17.8 Å². The van der Waals surface area contributed by atoms with Gasteiger partial charge in [0.1, 0.15) is 0 Å². The molecule has 2 saturated carbocycles. The number of aliphatic hydroxyl groups is 1. The van der Waals surface area contributed by atoms with Gasteiger partial charge in [-0.25, -0.2) is 0 Å². The third-order valence-electron chi connectivity index (χ3n) is 3.13. The zero-order valence-corrected chi connectivity index (χ0v) is 5.88. The lowest BCUT2D eigenvalue weighted by Crippen LogP contribution is -2.29. The number of fused-ring (bicyclic) bond motifs is 1. The third kappa shape index (κ3) is 0.710. The van der Waals surface area contributed by atoms with Gasteiger partial charge in [-0.05, 0) is 37.0 Å². The molecule has 2 aliphatic rings. The van der Waals surface area contributed by atoms with Crippen molar-refractivity contribution < 1.29 is 5.11 Å². The van der Waals surface area contributed by atoms with E-state index in [1.54, 1.807) is 0 Å². The Kier molecular flexibility index (Phi) is 1.10. The molecule has 4 atom stereocenters. The van der Waals surface area contributed by atoms with Gasteiger partial charge >= 0.3 is 0 Å². The van der Waals surface area contributed by atoms with Crippen LogP contribution in [0.2, 0.25) is 0 Å². The summed E-state index contributed by atoms with van der Waals surface area (Å²) < 4.78 is 0. The molecule has 1 N–H and O–H groups in total. The summed E-state index contributed by atoms with van der Waals surface area (Å²) in [4.78, 5) is 0. The Balaban J connectivity index is 2.00. The van der Waals surface area contributed by atoms with E-state index in [9.17, 15) is 5.11 Å². The van der Waals surface area contributed by atoms with E-state index in [0.717, 1.165) is 30.6 Å². The van der Waals surface area contributed by atoms with E-state index in [2.05, 4.69) is 6.92 Å². The van der Waals surface area contributed by atoms with Crippen LogP contribution in [-0.2, 0) is 0 Å². The Morgan fingerprint density at radius 1 is 1.22 bits per heavy atom. The lowest BCUT2D eigenvalue weighted by atomic mass is 9.68. The van der Waals surface area contributed by atoms with Crippen LogP contribution in [0.4, 0.5) is 0 Å². The van der Waals surface area contributed by atoms with E-state index >= 15 is 0 Å². The fourth-order valence-corrected chi connectivity index (χ4v) is 2.55. The number of hydrogen-bond acceptors (Lipinski definition) is 1. The summed E-state index contributed by atoms with van der Waals surface area (Å²) in [6.07, 6.45) is 3.60. The molecule has 0 spiro atoms. The lowest BCUT2D eigenvalue weighted by Gasteiger charge is -2.37. The average Bonchev–Trinajstić information content (AvgIpc) is 2.08. The Morgan fingerprint density at radius 2 is 2.00 bits per heavy atom. The second-order valence-electron chi connectivity index (χ2n) is 3.76. The molecule has 0 radical (unpaired) electrons. The predicted octanol–water partition coefficient (Wildman–Crippen LogP) is 1.41. The molecular formula is C8H14O. The molecule has 0 aliphatic heterocycles. The van der Waals surface area contributed by atoms with Crippen LogP contribution in [0.15, 0.2) is 0 Å². The number of hydrogen-bond donors (Lipinski definition) is 1. The second-order valence-corrected chi connectivity index (χ2v) is 3.76. The Hall–Kier alpha value is -0.0400. The summed E-state index contributed by atoms with van der Waals surface area (Å²) >= 11 is 0. The fraction of sp³-hybridized carbons (Fsp3) is 1.00. The van der Waals surface area contributed by atoms with Crippen LogP contribution in [0, 0.1) is 17.8 Å². The van der Waals surface area contributed by atoms with Crippen molar-refractivity contribution in [3.8, 4) is 0 Å². The first kappa shape index (κ1) is 5.72. The fourth-order valence-electron chi connectivity index (χ4n) is 2.55. The van der Waals surface area contributed by atoms with Gasteiger partial charge in [-0.15, -0.1) is 0 Å². The Bertz CT molecular complexity index is 122. The topological polar surface area (TPSA) is 20.2 Å². The van der Waals surface area contributed by atoms with E-state index in [1.807, 2.05) is 0 Å². The summed E-state index contributed by atoms with van der Waals surface area (Å²) in [6, 6.07) is 0. The van der Waals surface area contributed by atoms with Gasteiger partial charge in [0, 0.05) is 0 Å². The van der Waals surface area contributed by atoms with E-state index in [-0.39, 0.29) is 6.10 Å². The highest BCUT2D eigenvalue weighted by molar-refractivity contribution is 4.94. The van der Waals surface area contributed by atoms with Gasteiger partial charge in [0.2, 0.25) is 0 Å². The van der Waals surface area contributed by atoms with Crippen molar-refractivity contribution in [2.75, 3.05) is 0 Å². The Labute approximate surface area is 56.1 Å². The first-order valence-corrected chi connectivity index (χ1v) is 3.95. The minimum absolute atomic E-state index is 0.0462. The van der Waals surface area contributed by atoms with Crippen molar-refractivity contribution in [1.82, 2.24) is 0 Å². The highest BCUT2D eigenvalue weighted by Crippen LogP contribution is 2.50. The van der Waals surface area contributed by atoms with Crippen LogP contribution in [0.25, 0.3) is 0 Å². The molecule has 0 amide bonds. The minimum atomic E-state index is 0.0462. The van der Waals surface area contributed by atoms with Crippen LogP contribution in [0.5, 0.6) is 0 Å². The van der Waals surface area contributed by atoms with Crippen molar-refractivity contribution in [2.45, 2.75) is 32.3 Å². The van der Waals surface area contributed by atoms with Crippen LogP contribution in [-0.4, -0.2) is 11.2 Å². The Morgan fingerprint density at radius 3 is 2.44 bits per heavy atom. The predicted molar refractivity (Wildman–Crippen MR) is 36.0 cm³/mol. The van der Waals surface area contributed by atoms with Crippen LogP contribution in [0.1, 0.15) is 26.2 Å². The molecule has 2 rings (SSSR count). The first-order chi connectivity index (χ1) is 4.27. The molecule has 1 nitrogen and oxygen atoms in total. The molecule has 2 aliphatic carbocycles. The summed E-state index contributed by atoms with van der Waals surface area (Å²) in [5, 5.41) is 9.23. The SMILES string of the molecule is CC1C[C@@H]2C[C@@H](O)C[C@H]12. The summed E-state index contributed by atoms with van der Waals surface area (Å²) in [5.41, 5.74) is 0. The highest BCUT2D eigenvalue weighted by Gasteiger charge is 2.44. The van der Waals surface area contributed by atoms with E-state index in [4.69, 9.17) is 0 Å². The summed E-state index contributed by atoms with van der Waals surface area (Å²) in [7, 11) is 0. The molecule has 0 bridgehead atoms. The van der Waals surface area contributed by atoms with E-state index in [1.165, 1.54) is 6.42 Å². The van der Waals surface area contributed by atoms with Crippen LogP contribution < -0.4 is 0 Å². The number of rotatable bonds is 0. The van der Waals surface area contributed by atoms with Crippen molar-refractivity contribution in [3.63, 3.8) is 0 Å². The molecule has 0 heterocycles. The largest absolute Gasteiger partial charge is 0.393 e. The zero-order valence-electron chi connectivity index (χ0n) is 5.88. The van der Waals surface area contributed by atoms with Gasteiger partial charge in [-0.3, -0.25) is 0 Å². The van der Waals surface area contributed by atoms with Crippen LogP contribution >= 0.6 is 0 Å². The molecular weight excluding hydrogens is 112 g/mol. The highest BCUT2D eigenvalue weighted by atomic mass is 16.3. The van der Waals surface area contributed by atoms with Gasteiger partial charge in [0.25, 0.3) is 0 Å². The summed E-state index contributed by atoms with van der Waals surface area (Å²) in [5.74, 6) is 2.70. The first-order valence-electron chi connectivity index (χ1n) is 3.95. The molecule has 9 heavy (non-hydrogen) atoms. The van der Waals surface area contributed by atoms with Gasteiger partial charge in [0.15, 0.2) is 0 Å². The molecule has 0 aromatic carbocycles. The zero-order chi connectivity index (χ0) is 6.43. The average molecular weight is 126 g/mol. The molecule has 1 heteroatoms. The molecule has 0 saturated heterocycles. The van der Waals surface area contributed by atoms with E-state index < -0.39 is 0 Å². The quantitative estimate of drug-likeness (QED) is 0.520. The molecule has 1 unspecified atom stereocenters. The number of aliphatic hydroxyl groups excluding tert-OH is 1. The van der Waals surface area contributed by atoms with Gasteiger partial charge in [-0.2, -0.15) is 0 Å². The van der Waals surface area contributed by atoms with Crippen LogP contribution in [0.3, 0.4) is 0 Å². The normalized spacial score (nSPS) is 56.7. The summed E-state index contributed by atoms with van der Waals surface area (Å²) in [6.45, 7) is 2.30. The van der Waals surface area contributed by atoms with Gasteiger partial charge in [0.05, 0.1) is 6.10 Å². The van der Waals surface area contributed by atoms with Gasteiger partial charge in [-0.1, -0.05) is 6.92 Å². The standard InChI is InChI=1S/C8H14O/c1-5-2-6-3-7(9)4-8(5)6/h5-9H,2-4H2,1H3/t5?,6-,7-,8-/m1/s1. The molecule has 52 valence electrons. The molecule has 0 aromatic heterocycles. The maximum absolute atomic E-state index is 9.23. The van der Waals surface area contributed by atoms with Gasteiger partial charge < -0.3 is 5.11 Å². The lowest BCUT2D eigenvalue weighted by molar-refractivity contribution is 0.120. The van der Waals surface area contributed by atoms with Crippen molar-refractivity contribution >= 4 is 0 Å². The van der Waals surface area contributed by atoms with Crippen molar-refractivity contribution in [1.29, 1.82) is 0 Å². The third-order valence-corrected chi connectivity index (χ3v) is 3.13. The minimum Gasteiger partial charge on any atom is -0.393 e. The monoisotopic (exact) mass is 126 g/mol. The molecule has 0 aromatic rings. The van der Waals surface area contributed by atoms with Crippen molar-refractivity contribution in [3.05, 3.63) is 0 Å². The maximum atomic E-state index is 9.23. The van der Waals surface area contributed by atoms with E-state index in [0.29, 0.717) is 0 Å².